The van der Waals surface area contributed by atoms with E-state index < -0.39 is 70.6 Å². The molecule has 10 atom stereocenters. The summed E-state index contributed by atoms with van der Waals surface area (Å²) in [5, 5.41) is 21.2. The van der Waals surface area contributed by atoms with Crippen LogP contribution >= 0.6 is 0 Å². The van der Waals surface area contributed by atoms with Crippen molar-refractivity contribution in [1.29, 1.82) is 0 Å². The number of allylic oxidation sites excluding steroid dienone is 4. The standard InChI is InChI=1S/C39H50N2O13/c1-4-7-33-53-32-20-28-27-13-10-24-19-25(42)14-15-37(24,2)34(27)30(43)21-38(28,3)39(32,54-33)31(44)22-50-36(46)52-26-11-8-23(9-12-26)18-29(40)35(45)49-16-5-6-17-51-41(47)48/h8-9,11-12,14-15,19,27-30,32-34,43H,4-7,10,13,16-18,20-22,40H2,1-3H3/t27-,28-,29?,30-,32+,33?,34+,37-,38-,39?/m0/s1. The molecule has 1 heterocycles. The zero-order valence-electron chi connectivity index (χ0n) is 30.9. The Morgan fingerprint density at radius 1 is 1.13 bits per heavy atom. The minimum absolute atomic E-state index is 0.0185. The van der Waals surface area contributed by atoms with Crippen LogP contribution in [0, 0.1) is 38.7 Å². The number of ketones is 2. The van der Waals surface area contributed by atoms with Gasteiger partial charge < -0.3 is 39.4 Å². The van der Waals surface area contributed by atoms with E-state index in [2.05, 4.69) is 11.8 Å². The number of aliphatic hydroxyl groups excluding tert-OH is 1. The second-order valence-corrected chi connectivity index (χ2v) is 15.6. The third kappa shape index (κ3) is 7.42. The van der Waals surface area contributed by atoms with Gasteiger partial charge in [-0.05, 0) is 93.1 Å². The number of hydrogen-bond acceptors (Lipinski definition) is 14. The fourth-order valence-electron chi connectivity index (χ4n) is 10.0. The number of nitrogens with two attached hydrogens (primary N) is 1. The normalized spacial score (nSPS) is 34.0. The van der Waals surface area contributed by atoms with E-state index in [0.29, 0.717) is 31.2 Å². The van der Waals surface area contributed by atoms with Crippen molar-refractivity contribution in [3.63, 3.8) is 0 Å². The van der Waals surface area contributed by atoms with Gasteiger partial charge in [-0.2, -0.15) is 0 Å². The van der Waals surface area contributed by atoms with E-state index in [4.69, 9.17) is 29.4 Å². The van der Waals surface area contributed by atoms with Gasteiger partial charge in [0.1, 0.15) is 11.8 Å². The summed E-state index contributed by atoms with van der Waals surface area (Å²) in [6, 6.07) is 5.32. The highest BCUT2D eigenvalue weighted by Gasteiger charge is 2.76. The average Bonchev–Trinajstić information content (AvgIpc) is 3.61. The smallest absolute Gasteiger partial charge is 0.465 e. The van der Waals surface area contributed by atoms with Crippen LogP contribution < -0.4 is 10.5 Å². The van der Waals surface area contributed by atoms with E-state index in [1.807, 2.05) is 19.9 Å². The Bertz CT molecular complexity index is 1680. The van der Waals surface area contributed by atoms with E-state index in [0.717, 1.165) is 24.8 Å². The van der Waals surface area contributed by atoms with Gasteiger partial charge in [-0.15, -0.1) is 10.1 Å². The van der Waals surface area contributed by atoms with Gasteiger partial charge in [-0.1, -0.05) is 51.0 Å². The minimum Gasteiger partial charge on any atom is -0.465 e. The molecule has 0 amide bonds. The fourth-order valence-corrected chi connectivity index (χ4v) is 10.0. The van der Waals surface area contributed by atoms with Crippen molar-refractivity contribution < 1.29 is 57.9 Å². The van der Waals surface area contributed by atoms with Crippen LogP contribution in [-0.2, 0) is 44.6 Å². The molecule has 15 nitrogen and oxygen atoms in total. The van der Waals surface area contributed by atoms with E-state index >= 15 is 0 Å². The highest BCUT2D eigenvalue weighted by molar-refractivity contribution is 6.01. The van der Waals surface area contributed by atoms with Crippen LogP contribution in [0.5, 0.6) is 5.75 Å². The molecule has 0 radical (unpaired) electrons. The van der Waals surface area contributed by atoms with Crippen LogP contribution in [0.1, 0.15) is 77.7 Å². The van der Waals surface area contributed by atoms with Crippen molar-refractivity contribution in [1.82, 2.24) is 0 Å². The topological polar surface area (TPSA) is 213 Å². The number of fused-ring (bicyclic) bond motifs is 7. The van der Waals surface area contributed by atoms with Crippen LogP contribution in [0.15, 0.2) is 48.1 Å². The van der Waals surface area contributed by atoms with Gasteiger partial charge in [-0.25, -0.2) is 4.79 Å². The summed E-state index contributed by atoms with van der Waals surface area (Å²) in [4.78, 5) is 66.1. The maximum atomic E-state index is 14.4. The Balaban J connectivity index is 1.07. The molecule has 4 fully saturated rings. The molecular weight excluding hydrogens is 704 g/mol. The van der Waals surface area contributed by atoms with Crippen LogP contribution in [0.4, 0.5) is 4.79 Å². The highest BCUT2D eigenvalue weighted by atomic mass is 16.9. The highest BCUT2D eigenvalue weighted by Crippen LogP contribution is 2.69. The molecule has 1 aliphatic heterocycles. The molecule has 3 unspecified atom stereocenters. The molecule has 6 rings (SSSR count). The number of Topliss-reactive ketones (excluding diaryl/α,β-unsaturated/α-hetero) is 1. The molecule has 0 aromatic heterocycles. The SMILES string of the molecule is CCCC1O[C@@H]2C[C@H]3[C@@H]4CCC5=CC(=O)C=C[C@]5(C)[C@H]4[C@@H](O)C[C@]3(C)C2(C(=O)COC(=O)Oc2ccc(CC(N)C(=O)OCCCCO[N+](=O)[O-])cc2)O1. The molecule has 3 N–H and O–H groups in total. The maximum absolute atomic E-state index is 14.4. The number of carbonyl (C=O) groups is 4. The lowest BCUT2D eigenvalue weighted by Gasteiger charge is -2.59. The first-order valence-corrected chi connectivity index (χ1v) is 18.8. The number of hydrogen-bond donors (Lipinski definition) is 2. The number of esters is 1. The number of benzene rings is 1. The zero-order valence-corrected chi connectivity index (χ0v) is 30.9. The second-order valence-electron chi connectivity index (χ2n) is 15.6. The molecule has 1 aromatic carbocycles. The third-order valence-corrected chi connectivity index (χ3v) is 12.4. The van der Waals surface area contributed by atoms with Crippen molar-refractivity contribution in [2.45, 2.75) is 109 Å². The molecule has 0 spiro atoms. The van der Waals surface area contributed by atoms with E-state index in [-0.39, 0.29) is 55.3 Å². The summed E-state index contributed by atoms with van der Waals surface area (Å²) in [7, 11) is 0. The first-order chi connectivity index (χ1) is 25.7. The predicted octanol–water partition coefficient (Wildman–Crippen LogP) is 4.34. The van der Waals surface area contributed by atoms with Gasteiger partial charge in [-0.3, -0.25) is 14.4 Å². The molecule has 1 saturated heterocycles. The molecule has 0 bridgehead atoms. The summed E-state index contributed by atoms with van der Waals surface area (Å²) in [6.07, 6.45) is 6.77. The van der Waals surface area contributed by atoms with Crippen molar-refractivity contribution in [2.24, 2.45) is 34.3 Å². The van der Waals surface area contributed by atoms with Crippen molar-refractivity contribution in [3.05, 3.63) is 63.7 Å². The van der Waals surface area contributed by atoms with Crippen molar-refractivity contribution >= 4 is 23.7 Å². The Kier molecular flexibility index (Phi) is 11.6. The Morgan fingerprint density at radius 3 is 2.59 bits per heavy atom. The summed E-state index contributed by atoms with van der Waals surface area (Å²) >= 11 is 0. The molecule has 1 aromatic rings. The molecule has 54 heavy (non-hydrogen) atoms. The van der Waals surface area contributed by atoms with Crippen LogP contribution in [0.25, 0.3) is 0 Å². The Hall–Kier alpha value is -4.18. The summed E-state index contributed by atoms with van der Waals surface area (Å²) in [6.45, 7) is 5.45. The van der Waals surface area contributed by atoms with Gasteiger partial charge >= 0.3 is 12.1 Å². The van der Waals surface area contributed by atoms with Crippen LogP contribution in [0.3, 0.4) is 0 Å². The fraction of sp³-hybridized carbons (Fsp3) is 0.641. The molecule has 4 aliphatic carbocycles. The summed E-state index contributed by atoms with van der Waals surface area (Å²) in [5.74, 6) is -1.06. The molecule has 3 saturated carbocycles. The third-order valence-electron chi connectivity index (χ3n) is 12.4. The van der Waals surface area contributed by atoms with Crippen molar-refractivity contribution in [2.75, 3.05) is 19.8 Å². The number of ether oxygens (including phenoxy) is 5. The Morgan fingerprint density at radius 2 is 1.87 bits per heavy atom. The van der Waals surface area contributed by atoms with Gasteiger partial charge in [0.15, 0.2) is 24.3 Å². The first-order valence-electron chi connectivity index (χ1n) is 18.8. The number of unbranched alkanes of at least 4 members (excludes halogenated alkanes) is 1. The maximum Gasteiger partial charge on any atom is 0.514 e. The summed E-state index contributed by atoms with van der Waals surface area (Å²) in [5.41, 5.74) is 4.98. The molecule has 15 heteroatoms. The van der Waals surface area contributed by atoms with E-state index in [1.54, 1.807) is 24.3 Å². The quantitative estimate of drug-likeness (QED) is 0.0839. The molecule has 294 valence electrons. The van der Waals surface area contributed by atoms with E-state index in [9.17, 15) is 34.4 Å². The van der Waals surface area contributed by atoms with Gasteiger partial charge in [0.05, 0.1) is 25.4 Å². The van der Waals surface area contributed by atoms with Gasteiger partial charge in [0.2, 0.25) is 5.78 Å². The largest absolute Gasteiger partial charge is 0.514 e. The summed E-state index contributed by atoms with van der Waals surface area (Å²) < 4.78 is 28.9. The van der Waals surface area contributed by atoms with Crippen molar-refractivity contribution in [3.8, 4) is 5.75 Å². The minimum atomic E-state index is -1.44. The van der Waals surface area contributed by atoms with E-state index in [1.165, 1.54) is 12.1 Å². The molecule has 5 aliphatic rings. The lowest BCUT2D eigenvalue weighted by Crippen LogP contribution is -2.63. The van der Waals surface area contributed by atoms with Gasteiger partial charge in [0, 0.05) is 16.7 Å². The first kappa shape index (κ1) is 39.5. The van der Waals surface area contributed by atoms with Crippen LogP contribution in [0.2, 0.25) is 0 Å². The lowest BCUT2D eigenvalue weighted by molar-refractivity contribution is -0.757. The number of nitrogens with zero attached hydrogens (tertiary/aromatic N) is 1. The molecular formula is C39H50N2O13. The lowest BCUT2D eigenvalue weighted by atomic mass is 9.46. The predicted molar refractivity (Wildman–Crippen MR) is 189 cm³/mol. The number of rotatable bonds is 15. The number of aliphatic hydroxyl groups is 1. The van der Waals surface area contributed by atoms with Crippen LogP contribution in [-0.4, -0.2) is 83.8 Å². The van der Waals surface area contributed by atoms with Gasteiger partial charge in [0.25, 0.3) is 5.09 Å². The Labute approximate surface area is 313 Å². The monoisotopic (exact) mass is 754 g/mol. The zero-order chi connectivity index (χ0) is 38.8. The second kappa shape index (κ2) is 15.9. The average molecular weight is 755 g/mol. The number of carbonyl (C=O) groups excluding carboxylic acids is 4.